The van der Waals surface area contributed by atoms with Crippen LogP contribution in [0.2, 0.25) is 0 Å². The SMILES string of the molecule is NS(=O)(=O)c1ccc(CCNC(=O)Nc2cccc(-n3cccc3)c2)cc1. The Hall–Kier alpha value is -3.10. The summed E-state index contributed by atoms with van der Waals surface area (Å²) in [7, 11) is -3.69. The van der Waals surface area contributed by atoms with Crippen LogP contribution in [-0.4, -0.2) is 25.6 Å². The molecule has 0 atom stereocenters. The van der Waals surface area contributed by atoms with E-state index in [1.54, 1.807) is 12.1 Å². The summed E-state index contributed by atoms with van der Waals surface area (Å²) in [5.74, 6) is 0. The Morgan fingerprint density at radius 1 is 1.00 bits per heavy atom. The van der Waals surface area contributed by atoms with Crippen LogP contribution >= 0.6 is 0 Å². The standard InChI is InChI=1S/C19H20N4O3S/c20-27(25,26)18-8-6-15(7-9-18)10-11-21-19(24)22-16-4-3-5-17(14-16)23-12-1-2-13-23/h1-9,12-14H,10-11H2,(H2,20,25,26)(H2,21,22,24). The average molecular weight is 384 g/mol. The van der Waals surface area contributed by atoms with Gasteiger partial charge in [0, 0.05) is 30.3 Å². The van der Waals surface area contributed by atoms with Gasteiger partial charge in [0.1, 0.15) is 0 Å². The Morgan fingerprint density at radius 3 is 2.37 bits per heavy atom. The summed E-state index contributed by atoms with van der Waals surface area (Å²) in [4.78, 5) is 12.1. The van der Waals surface area contributed by atoms with Gasteiger partial charge in [-0.1, -0.05) is 18.2 Å². The Labute approximate surface area is 157 Å². The van der Waals surface area contributed by atoms with Gasteiger partial charge in [-0.2, -0.15) is 0 Å². The first-order valence-corrected chi connectivity index (χ1v) is 9.86. The van der Waals surface area contributed by atoms with Crippen LogP contribution in [0.25, 0.3) is 5.69 Å². The van der Waals surface area contributed by atoms with E-state index in [1.165, 1.54) is 12.1 Å². The predicted octanol–water partition coefficient (Wildman–Crippen LogP) is 2.49. The van der Waals surface area contributed by atoms with E-state index in [0.717, 1.165) is 11.3 Å². The fourth-order valence-corrected chi connectivity index (χ4v) is 3.11. The van der Waals surface area contributed by atoms with Gasteiger partial charge >= 0.3 is 6.03 Å². The molecule has 0 aliphatic carbocycles. The highest BCUT2D eigenvalue weighted by Gasteiger charge is 2.07. The lowest BCUT2D eigenvalue weighted by Gasteiger charge is -2.10. The highest BCUT2D eigenvalue weighted by Crippen LogP contribution is 2.15. The Morgan fingerprint density at radius 2 is 1.70 bits per heavy atom. The quantitative estimate of drug-likeness (QED) is 0.608. The summed E-state index contributed by atoms with van der Waals surface area (Å²) < 4.78 is 24.4. The summed E-state index contributed by atoms with van der Waals surface area (Å²) in [6.07, 6.45) is 4.43. The van der Waals surface area contributed by atoms with Gasteiger partial charge in [0.05, 0.1) is 4.90 Å². The number of benzene rings is 2. The monoisotopic (exact) mass is 384 g/mol. The van der Waals surface area contributed by atoms with E-state index in [9.17, 15) is 13.2 Å². The maximum Gasteiger partial charge on any atom is 0.319 e. The molecule has 4 N–H and O–H groups in total. The van der Waals surface area contributed by atoms with Crippen LogP contribution in [0.4, 0.5) is 10.5 Å². The van der Waals surface area contributed by atoms with E-state index < -0.39 is 10.0 Å². The van der Waals surface area contributed by atoms with Crippen molar-refractivity contribution in [1.29, 1.82) is 0 Å². The lowest BCUT2D eigenvalue weighted by atomic mass is 10.1. The van der Waals surface area contributed by atoms with Crippen LogP contribution in [0.1, 0.15) is 5.56 Å². The van der Waals surface area contributed by atoms with Crippen molar-refractivity contribution in [3.05, 3.63) is 78.6 Å². The maximum absolute atomic E-state index is 12.1. The number of carbonyl (C=O) groups is 1. The van der Waals surface area contributed by atoms with Gasteiger partial charge in [-0.25, -0.2) is 18.4 Å². The summed E-state index contributed by atoms with van der Waals surface area (Å²) in [6.45, 7) is 0.415. The molecule has 2 aromatic carbocycles. The second-order valence-corrected chi connectivity index (χ2v) is 7.52. The molecule has 0 radical (unpaired) electrons. The van der Waals surface area contributed by atoms with E-state index in [0.29, 0.717) is 18.7 Å². The van der Waals surface area contributed by atoms with Crippen molar-refractivity contribution >= 4 is 21.7 Å². The molecule has 3 rings (SSSR count). The first kappa shape index (κ1) is 18.7. The van der Waals surface area contributed by atoms with E-state index in [2.05, 4.69) is 10.6 Å². The van der Waals surface area contributed by atoms with Gasteiger partial charge in [-0.15, -0.1) is 0 Å². The Balaban J connectivity index is 1.51. The van der Waals surface area contributed by atoms with Crippen LogP contribution in [0.3, 0.4) is 0 Å². The number of nitrogens with zero attached hydrogens (tertiary/aromatic N) is 1. The topological polar surface area (TPSA) is 106 Å². The van der Waals surface area contributed by atoms with Crippen molar-refractivity contribution < 1.29 is 13.2 Å². The van der Waals surface area contributed by atoms with Crippen LogP contribution in [0, 0.1) is 0 Å². The van der Waals surface area contributed by atoms with Crippen molar-refractivity contribution in [3.8, 4) is 5.69 Å². The summed E-state index contributed by atoms with van der Waals surface area (Å²) in [5, 5.41) is 10.6. The fraction of sp³-hybridized carbons (Fsp3) is 0.105. The molecule has 140 valence electrons. The average Bonchev–Trinajstić information content (AvgIpc) is 3.16. The van der Waals surface area contributed by atoms with Crippen molar-refractivity contribution in [2.45, 2.75) is 11.3 Å². The number of nitrogens with one attached hydrogen (secondary N) is 2. The lowest BCUT2D eigenvalue weighted by Crippen LogP contribution is -2.30. The highest BCUT2D eigenvalue weighted by atomic mass is 32.2. The second kappa shape index (κ2) is 8.07. The largest absolute Gasteiger partial charge is 0.338 e. The summed E-state index contributed by atoms with van der Waals surface area (Å²) >= 11 is 0. The molecule has 0 fully saturated rings. The molecule has 0 saturated carbocycles. The van der Waals surface area contributed by atoms with Crippen molar-refractivity contribution in [3.63, 3.8) is 0 Å². The lowest BCUT2D eigenvalue weighted by molar-refractivity contribution is 0.252. The third-order valence-electron chi connectivity index (χ3n) is 3.96. The van der Waals surface area contributed by atoms with Gasteiger partial charge in [-0.3, -0.25) is 0 Å². The second-order valence-electron chi connectivity index (χ2n) is 5.96. The number of primary sulfonamides is 1. The molecule has 0 bridgehead atoms. The van der Waals surface area contributed by atoms with Crippen molar-refractivity contribution in [2.75, 3.05) is 11.9 Å². The number of hydrogen-bond acceptors (Lipinski definition) is 3. The number of hydrogen-bond donors (Lipinski definition) is 3. The van der Waals surface area contributed by atoms with Gasteiger partial charge in [-0.05, 0) is 54.4 Å². The molecule has 7 nitrogen and oxygen atoms in total. The number of sulfonamides is 1. The minimum absolute atomic E-state index is 0.0690. The van der Waals surface area contributed by atoms with Gasteiger partial charge < -0.3 is 15.2 Å². The smallest absolute Gasteiger partial charge is 0.319 e. The third kappa shape index (κ3) is 5.19. The Kier molecular flexibility index (Phi) is 5.58. The number of nitrogens with two attached hydrogens (primary N) is 1. The number of carbonyl (C=O) groups excluding carboxylic acids is 1. The highest BCUT2D eigenvalue weighted by molar-refractivity contribution is 7.89. The minimum atomic E-state index is -3.69. The minimum Gasteiger partial charge on any atom is -0.338 e. The van der Waals surface area contributed by atoms with E-state index in [-0.39, 0.29) is 10.9 Å². The molecule has 0 unspecified atom stereocenters. The van der Waals surface area contributed by atoms with Crippen LogP contribution in [-0.2, 0) is 16.4 Å². The summed E-state index contributed by atoms with van der Waals surface area (Å²) in [6, 6.07) is 17.4. The number of rotatable bonds is 6. The normalized spacial score (nSPS) is 11.1. The number of aromatic nitrogens is 1. The van der Waals surface area contributed by atoms with Crippen molar-refractivity contribution in [2.24, 2.45) is 5.14 Å². The van der Waals surface area contributed by atoms with Gasteiger partial charge in [0.15, 0.2) is 0 Å². The number of amides is 2. The first-order chi connectivity index (χ1) is 12.9. The van der Waals surface area contributed by atoms with E-state index >= 15 is 0 Å². The molecule has 1 aromatic heterocycles. The molecule has 0 saturated heterocycles. The van der Waals surface area contributed by atoms with E-state index in [4.69, 9.17) is 5.14 Å². The molecule has 0 spiro atoms. The predicted molar refractivity (Wildman–Crippen MR) is 104 cm³/mol. The molecule has 2 amide bonds. The Bertz CT molecular complexity index is 1010. The molecule has 0 aliphatic heterocycles. The van der Waals surface area contributed by atoms with Crippen molar-refractivity contribution in [1.82, 2.24) is 9.88 Å². The first-order valence-electron chi connectivity index (χ1n) is 8.32. The zero-order chi connectivity index (χ0) is 19.3. The molecule has 0 aliphatic rings. The zero-order valence-corrected chi connectivity index (χ0v) is 15.3. The van der Waals surface area contributed by atoms with Crippen LogP contribution in [0.5, 0.6) is 0 Å². The van der Waals surface area contributed by atoms with Gasteiger partial charge in [0.2, 0.25) is 10.0 Å². The third-order valence-corrected chi connectivity index (χ3v) is 4.89. The number of anilines is 1. The van der Waals surface area contributed by atoms with Gasteiger partial charge in [0.25, 0.3) is 0 Å². The summed E-state index contributed by atoms with van der Waals surface area (Å²) in [5.41, 5.74) is 2.54. The maximum atomic E-state index is 12.1. The molecule has 8 heteroatoms. The molecule has 27 heavy (non-hydrogen) atoms. The molecular weight excluding hydrogens is 364 g/mol. The molecular formula is C19H20N4O3S. The van der Waals surface area contributed by atoms with Crippen LogP contribution in [0.15, 0.2) is 78.0 Å². The fourth-order valence-electron chi connectivity index (χ4n) is 2.59. The zero-order valence-electron chi connectivity index (χ0n) is 14.5. The molecule has 3 aromatic rings. The number of urea groups is 1. The molecule has 1 heterocycles. The van der Waals surface area contributed by atoms with E-state index in [1.807, 2.05) is 53.4 Å². The van der Waals surface area contributed by atoms with Crippen LogP contribution < -0.4 is 15.8 Å².